The summed E-state index contributed by atoms with van der Waals surface area (Å²) in [6, 6.07) is 5.09. The number of aliphatic hydroxyl groups excluding tert-OH is 1. The van der Waals surface area contributed by atoms with Crippen molar-refractivity contribution >= 4 is 21.6 Å². The third-order valence-electron chi connectivity index (χ3n) is 3.78. The van der Waals surface area contributed by atoms with E-state index < -0.39 is 0 Å². The van der Waals surface area contributed by atoms with Gasteiger partial charge in [-0.05, 0) is 25.0 Å². The number of halogens is 1. The van der Waals surface area contributed by atoms with Crippen LogP contribution in [0.25, 0.3) is 0 Å². The maximum Gasteiger partial charge on any atom is 0.275 e. The van der Waals surface area contributed by atoms with Gasteiger partial charge in [0.2, 0.25) is 0 Å². The summed E-state index contributed by atoms with van der Waals surface area (Å²) in [6.45, 7) is 0.408. The first-order valence-electron chi connectivity index (χ1n) is 6.92. The zero-order valence-electron chi connectivity index (χ0n) is 11.2. The largest absolute Gasteiger partial charge is 0.392 e. The average molecular weight is 343 g/mol. The van der Waals surface area contributed by atoms with Gasteiger partial charge < -0.3 is 10.4 Å². The van der Waals surface area contributed by atoms with Crippen molar-refractivity contribution in [2.45, 2.75) is 50.8 Å². The van der Waals surface area contributed by atoms with Crippen LogP contribution in [0.2, 0.25) is 0 Å². The molecular weight excluding hydrogens is 324 g/mol. The van der Waals surface area contributed by atoms with Gasteiger partial charge in [0.05, 0.1) is 11.0 Å². The summed E-state index contributed by atoms with van der Waals surface area (Å²) in [7, 11) is 0. The van der Waals surface area contributed by atoms with Crippen molar-refractivity contribution in [3.63, 3.8) is 0 Å². The average Bonchev–Trinajstić information content (AvgIpc) is 2.62. The first kappa shape index (κ1) is 15.4. The SMILES string of the molecule is O=[N+]([O-])c1cc(Br)ccc1CNC1CCCCCC1O. The van der Waals surface area contributed by atoms with E-state index in [4.69, 9.17) is 0 Å². The van der Waals surface area contributed by atoms with Crippen molar-refractivity contribution in [3.8, 4) is 0 Å². The van der Waals surface area contributed by atoms with Gasteiger partial charge in [0.15, 0.2) is 0 Å². The van der Waals surface area contributed by atoms with Gasteiger partial charge in [0, 0.05) is 28.7 Å². The molecule has 1 aliphatic carbocycles. The molecule has 1 aliphatic rings. The predicted molar refractivity (Wildman–Crippen MR) is 80.5 cm³/mol. The molecular formula is C14H19BrN2O3. The Morgan fingerprint density at radius 1 is 1.35 bits per heavy atom. The second kappa shape index (κ2) is 7.15. The van der Waals surface area contributed by atoms with Gasteiger partial charge in [0.25, 0.3) is 5.69 Å². The van der Waals surface area contributed by atoms with E-state index in [9.17, 15) is 15.2 Å². The van der Waals surface area contributed by atoms with E-state index in [-0.39, 0.29) is 22.8 Å². The highest BCUT2D eigenvalue weighted by molar-refractivity contribution is 9.10. The molecule has 0 bridgehead atoms. The standard InChI is InChI=1S/C14H19BrN2O3/c15-11-7-6-10(13(8-11)17(19)20)9-16-12-4-2-1-3-5-14(12)18/h6-8,12,14,16,18H,1-5,9H2. The summed E-state index contributed by atoms with van der Waals surface area (Å²) in [5.74, 6) is 0. The summed E-state index contributed by atoms with van der Waals surface area (Å²) >= 11 is 3.25. The quantitative estimate of drug-likeness (QED) is 0.500. The second-order valence-corrected chi connectivity index (χ2v) is 6.14. The maximum absolute atomic E-state index is 11.1. The van der Waals surface area contributed by atoms with Gasteiger partial charge in [-0.1, -0.05) is 35.2 Å². The zero-order chi connectivity index (χ0) is 14.5. The Labute approximate surface area is 126 Å². The minimum atomic E-state index is -0.370. The monoisotopic (exact) mass is 342 g/mol. The molecule has 0 amide bonds. The Morgan fingerprint density at radius 2 is 2.10 bits per heavy atom. The van der Waals surface area contributed by atoms with Crippen molar-refractivity contribution in [1.29, 1.82) is 0 Å². The number of nitro benzene ring substituents is 1. The summed E-state index contributed by atoms with van der Waals surface area (Å²) < 4.78 is 0.697. The molecule has 1 fully saturated rings. The molecule has 2 atom stereocenters. The molecule has 1 aromatic rings. The lowest BCUT2D eigenvalue weighted by atomic mass is 10.1. The molecule has 0 saturated heterocycles. The van der Waals surface area contributed by atoms with E-state index in [2.05, 4.69) is 21.2 Å². The fourth-order valence-corrected chi connectivity index (χ4v) is 2.97. The Bertz CT molecular complexity index is 481. The van der Waals surface area contributed by atoms with Crippen LogP contribution in [0.15, 0.2) is 22.7 Å². The van der Waals surface area contributed by atoms with Gasteiger partial charge in [-0.3, -0.25) is 10.1 Å². The van der Waals surface area contributed by atoms with E-state index in [0.29, 0.717) is 16.6 Å². The molecule has 20 heavy (non-hydrogen) atoms. The van der Waals surface area contributed by atoms with Crippen molar-refractivity contribution in [2.75, 3.05) is 0 Å². The molecule has 6 heteroatoms. The van der Waals surface area contributed by atoms with Crippen LogP contribution in [0.5, 0.6) is 0 Å². The molecule has 0 aromatic heterocycles. The Balaban J connectivity index is 2.04. The Kier molecular flexibility index (Phi) is 5.51. The molecule has 0 heterocycles. The molecule has 2 N–H and O–H groups in total. The number of hydrogen-bond acceptors (Lipinski definition) is 4. The number of aliphatic hydroxyl groups is 1. The number of nitrogens with one attached hydrogen (secondary N) is 1. The first-order valence-corrected chi connectivity index (χ1v) is 7.71. The van der Waals surface area contributed by atoms with Crippen LogP contribution < -0.4 is 5.32 Å². The topological polar surface area (TPSA) is 75.4 Å². The molecule has 1 saturated carbocycles. The van der Waals surface area contributed by atoms with Gasteiger partial charge in [0.1, 0.15) is 0 Å². The summed E-state index contributed by atoms with van der Waals surface area (Å²) in [5, 5.41) is 24.4. The van der Waals surface area contributed by atoms with Crippen LogP contribution in [0.1, 0.15) is 37.7 Å². The lowest BCUT2D eigenvalue weighted by Gasteiger charge is -2.21. The normalized spacial score (nSPS) is 23.3. The summed E-state index contributed by atoms with van der Waals surface area (Å²) in [4.78, 5) is 10.7. The lowest BCUT2D eigenvalue weighted by molar-refractivity contribution is -0.385. The molecule has 1 aromatic carbocycles. The fourth-order valence-electron chi connectivity index (χ4n) is 2.62. The van der Waals surface area contributed by atoms with Crippen LogP contribution in [-0.4, -0.2) is 22.2 Å². The fraction of sp³-hybridized carbons (Fsp3) is 0.571. The Morgan fingerprint density at radius 3 is 2.85 bits per heavy atom. The van der Waals surface area contributed by atoms with E-state index >= 15 is 0 Å². The van der Waals surface area contributed by atoms with E-state index in [1.165, 1.54) is 6.07 Å². The first-order chi connectivity index (χ1) is 9.58. The summed E-state index contributed by atoms with van der Waals surface area (Å²) in [5.41, 5.74) is 0.754. The van der Waals surface area contributed by atoms with Crippen LogP contribution in [0.4, 0.5) is 5.69 Å². The van der Waals surface area contributed by atoms with Crippen molar-refractivity contribution in [2.24, 2.45) is 0 Å². The van der Waals surface area contributed by atoms with E-state index in [0.717, 1.165) is 32.1 Å². The Hall–Kier alpha value is -0.980. The zero-order valence-corrected chi connectivity index (χ0v) is 12.8. The predicted octanol–water partition coefficient (Wildman–Crippen LogP) is 3.14. The maximum atomic E-state index is 11.1. The van der Waals surface area contributed by atoms with Crippen LogP contribution in [0.3, 0.4) is 0 Å². The highest BCUT2D eigenvalue weighted by Gasteiger charge is 2.22. The molecule has 5 nitrogen and oxygen atoms in total. The number of benzene rings is 1. The number of hydrogen-bond donors (Lipinski definition) is 2. The van der Waals surface area contributed by atoms with Crippen LogP contribution >= 0.6 is 15.9 Å². The molecule has 2 unspecified atom stereocenters. The molecule has 0 aliphatic heterocycles. The van der Waals surface area contributed by atoms with Crippen molar-refractivity contribution in [3.05, 3.63) is 38.3 Å². The van der Waals surface area contributed by atoms with Crippen LogP contribution in [-0.2, 0) is 6.54 Å². The van der Waals surface area contributed by atoms with Gasteiger partial charge >= 0.3 is 0 Å². The van der Waals surface area contributed by atoms with Crippen molar-refractivity contribution in [1.82, 2.24) is 5.32 Å². The van der Waals surface area contributed by atoms with Crippen molar-refractivity contribution < 1.29 is 10.0 Å². The van der Waals surface area contributed by atoms with Gasteiger partial charge in [-0.2, -0.15) is 0 Å². The molecule has 0 spiro atoms. The summed E-state index contributed by atoms with van der Waals surface area (Å²) in [6.07, 6.45) is 4.67. The second-order valence-electron chi connectivity index (χ2n) is 5.22. The van der Waals surface area contributed by atoms with E-state index in [1.807, 2.05) is 0 Å². The number of nitro groups is 1. The van der Waals surface area contributed by atoms with Gasteiger partial charge in [-0.25, -0.2) is 0 Å². The van der Waals surface area contributed by atoms with Crippen LogP contribution in [0, 0.1) is 10.1 Å². The molecule has 2 rings (SSSR count). The lowest BCUT2D eigenvalue weighted by Crippen LogP contribution is -2.38. The van der Waals surface area contributed by atoms with E-state index in [1.54, 1.807) is 12.1 Å². The number of nitrogens with zero attached hydrogens (tertiary/aromatic N) is 1. The van der Waals surface area contributed by atoms with Gasteiger partial charge in [-0.15, -0.1) is 0 Å². The minimum Gasteiger partial charge on any atom is -0.392 e. The highest BCUT2D eigenvalue weighted by Crippen LogP contribution is 2.24. The third-order valence-corrected chi connectivity index (χ3v) is 4.27. The highest BCUT2D eigenvalue weighted by atomic mass is 79.9. The minimum absolute atomic E-state index is 0.0285. The molecule has 0 radical (unpaired) electrons. The number of rotatable bonds is 4. The third kappa shape index (κ3) is 4.01. The molecule has 110 valence electrons. The smallest absolute Gasteiger partial charge is 0.275 e.